The molecule has 4 aliphatic rings. The second-order valence-electron chi connectivity index (χ2n) is 5.69. The van der Waals surface area contributed by atoms with Gasteiger partial charge in [-0.1, -0.05) is 23.2 Å². The highest BCUT2D eigenvalue weighted by molar-refractivity contribution is 6.42. The van der Waals surface area contributed by atoms with E-state index in [9.17, 15) is 0 Å². The summed E-state index contributed by atoms with van der Waals surface area (Å²) in [6.45, 7) is 3.19. The van der Waals surface area contributed by atoms with Gasteiger partial charge in [0.2, 0.25) is 5.72 Å². The molecule has 0 saturated carbocycles. The van der Waals surface area contributed by atoms with E-state index in [1.54, 1.807) is 6.07 Å². The maximum Gasteiger partial charge on any atom is 0.202 e. The monoisotopic (exact) mass is 311 g/mol. The fourth-order valence-electron chi connectivity index (χ4n) is 3.37. The zero-order valence-electron chi connectivity index (χ0n) is 10.9. The summed E-state index contributed by atoms with van der Waals surface area (Å²) in [7, 11) is 0. The van der Waals surface area contributed by atoms with Crippen molar-refractivity contribution in [3.05, 3.63) is 33.8 Å². The topological polar surface area (TPSA) is 36.9 Å². The van der Waals surface area contributed by atoms with Crippen molar-refractivity contribution in [3.8, 4) is 0 Å². The minimum absolute atomic E-state index is 0.419. The van der Waals surface area contributed by atoms with Crippen LogP contribution in [-0.2, 0) is 4.84 Å². The summed E-state index contributed by atoms with van der Waals surface area (Å²) in [5.74, 6) is 1.25. The Morgan fingerprint density at radius 1 is 1.25 bits per heavy atom. The lowest BCUT2D eigenvalue weighted by Gasteiger charge is -2.47. The van der Waals surface area contributed by atoms with Gasteiger partial charge in [-0.2, -0.15) is 0 Å². The second-order valence-corrected chi connectivity index (χ2v) is 6.50. The van der Waals surface area contributed by atoms with Crippen molar-refractivity contribution in [3.63, 3.8) is 0 Å². The molecule has 20 heavy (non-hydrogen) atoms. The Morgan fingerprint density at radius 3 is 2.70 bits per heavy atom. The first kappa shape index (κ1) is 12.9. The van der Waals surface area contributed by atoms with Gasteiger partial charge < -0.3 is 0 Å². The summed E-state index contributed by atoms with van der Waals surface area (Å²) < 4.78 is 0. The molecule has 4 nitrogen and oxygen atoms in total. The summed E-state index contributed by atoms with van der Waals surface area (Å²) in [5, 5.41) is 1.08. The van der Waals surface area contributed by atoms with Gasteiger partial charge in [0.25, 0.3) is 0 Å². The van der Waals surface area contributed by atoms with Crippen LogP contribution in [0.15, 0.2) is 23.2 Å². The molecule has 106 valence electrons. The molecule has 3 fully saturated rings. The van der Waals surface area contributed by atoms with Gasteiger partial charge in [0.05, 0.1) is 16.6 Å². The van der Waals surface area contributed by atoms with Gasteiger partial charge in [0.1, 0.15) is 0 Å². The van der Waals surface area contributed by atoms with Crippen molar-refractivity contribution >= 4 is 29.0 Å². The molecule has 1 atom stereocenters. The van der Waals surface area contributed by atoms with Gasteiger partial charge >= 0.3 is 0 Å². The molecule has 3 saturated heterocycles. The van der Waals surface area contributed by atoms with Crippen LogP contribution in [0.3, 0.4) is 0 Å². The van der Waals surface area contributed by atoms with Gasteiger partial charge in [-0.15, -0.1) is 0 Å². The molecular weight excluding hydrogens is 297 g/mol. The predicted molar refractivity (Wildman–Crippen MR) is 79.1 cm³/mol. The molecule has 6 heteroatoms. The van der Waals surface area contributed by atoms with E-state index in [1.165, 1.54) is 0 Å². The molecule has 1 N–H and O–H groups in total. The minimum Gasteiger partial charge on any atom is -0.298 e. The number of nitrogens with zero attached hydrogens (tertiary/aromatic N) is 2. The van der Waals surface area contributed by atoms with E-state index in [2.05, 4.69) is 10.4 Å². The number of hydrogen-bond acceptors (Lipinski definition) is 4. The van der Waals surface area contributed by atoms with Crippen LogP contribution in [0.25, 0.3) is 0 Å². The first-order valence-corrected chi connectivity index (χ1v) is 7.63. The van der Waals surface area contributed by atoms with Crippen molar-refractivity contribution in [2.45, 2.75) is 18.6 Å². The van der Waals surface area contributed by atoms with Gasteiger partial charge in [0, 0.05) is 11.5 Å². The Hall–Kier alpha value is -0.810. The Balaban J connectivity index is 1.67. The van der Waals surface area contributed by atoms with Gasteiger partial charge in [-0.3, -0.25) is 4.90 Å². The molecule has 1 spiro atoms. The smallest absolute Gasteiger partial charge is 0.202 e. The highest BCUT2D eigenvalue weighted by atomic mass is 35.5. The number of fused-ring (bicyclic) bond motifs is 2. The SMILES string of the molecule is Clc1ccc(C2=N[C@]3(CN4CCC3CC4)ON2)cc1Cl. The molecule has 2 bridgehead atoms. The fourth-order valence-corrected chi connectivity index (χ4v) is 3.67. The summed E-state index contributed by atoms with van der Waals surface area (Å²) >= 11 is 12.0. The summed E-state index contributed by atoms with van der Waals surface area (Å²) in [6, 6.07) is 5.51. The molecule has 4 aliphatic heterocycles. The van der Waals surface area contributed by atoms with Gasteiger partial charge in [0.15, 0.2) is 5.84 Å². The maximum absolute atomic E-state index is 6.07. The third-order valence-electron chi connectivity index (χ3n) is 4.49. The van der Waals surface area contributed by atoms with Crippen molar-refractivity contribution < 1.29 is 4.84 Å². The molecule has 0 aromatic heterocycles. The van der Waals surface area contributed by atoms with Crippen LogP contribution >= 0.6 is 23.2 Å². The molecule has 1 aromatic carbocycles. The Morgan fingerprint density at radius 2 is 2.05 bits per heavy atom. The lowest BCUT2D eigenvalue weighted by Crippen LogP contribution is -2.58. The van der Waals surface area contributed by atoms with Gasteiger partial charge in [-0.05, 0) is 44.1 Å². The molecule has 0 aliphatic carbocycles. The minimum atomic E-state index is -0.419. The van der Waals surface area contributed by atoms with Crippen LogP contribution in [-0.4, -0.2) is 36.1 Å². The molecule has 0 amide bonds. The van der Waals surface area contributed by atoms with E-state index in [0.717, 1.165) is 43.9 Å². The van der Waals surface area contributed by atoms with E-state index < -0.39 is 5.72 Å². The molecule has 5 rings (SSSR count). The number of benzene rings is 1. The van der Waals surface area contributed by atoms with Crippen molar-refractivity contribution in [1.82, 2.24) is 10.4 Å². The number of hydrogen-bond donors (Lipinski definition) is 1. The van der Waals surface area contributed by atoms with E-state index in [4.69, 9.17) is 33.0 Å². The number of halogens is 2. The Bertz CT molecular complexity index is 584. The summed E-state index contributed by atoms with van der Waals surface area (Å²) in [4.78, 5) is 13.1. The maximum atomic E-state index is 6.07. The van der Waals surface area contributed by atoms with Crippen molar-refractivity contribution in [2.75, 3.05) is 19.6 Å². The largest absolute Gasteiger partial charge is 0.298 e. The first-order chi connectivity index (χ1) is 9.66. The third-order valence-corrected chi connectivity index (χ3v) is 5.23. The lowest BCUT2D eigenvalue weighted by atomic mass is 9.81. The van der Waals surface area contributed by atoms with Crippen molar-refractivity contribution in [1.29, 1.82) is 0 Å². The van der Waals surface area contributed by atoms with E-state index >= 15 is 0 Å². The standard InChI is InChI=1S/C14H15Cl2N3O/c15-11-2-1-9(7-12(11)16)13-17-14(20-18-13)8-19-5-3-10(14)4-6-19/h1-2,7,10H,3-6,8H2,(H,17,18)/t14-/m1/s1. The highest BCUT2D eigenvalue weighted by Gasteiger charge is 2.51. The fraction of sp³-hybridized carbons (Fsp3) is 0.500. The Labute approximate surface area is 127 Å². The van der Waals surface area contributed by atoms with E-state index in [1.807, 2.05) is 12.1 Å². The highest BCUT2D eigenvalue weighted by Crippen LogP contribution is 2.41. The number of piperidine rings is 3. The quantitative estimate of drug-likeness (QED) is 0.866. The van der Waals surface area contributed by atoms with Crippen LogP contribution < -0.4 is 5.48 Å². The summed E-state index contributed by atoms with van der Waals surface area (Å²) in [5.41, 5.74) is 3.48. The molecule has 0 unspecified atom stereocenters. The molecule has 1 aromatic rings. The average molecular weight is 312 g/mol. The van der Waals surface area contributed by atoms with Crippen LogP contribution in [0.5, 0.6) is 0 Å². The van der Waals surface area contributed by atoms with Crippen LogP contribution in [0.1, 0.15) is 18.4 Å². The summed E-state index contributed by atoms with van der Waals surface area (Å²) in [6.07, 6.45) is 2.31. The average Bonchev–Trinajstić information content (AvgIpc) is 2.87. The number of aliphatic imine (C=N–C) groups is 1. The third kappa shape index (κ3) is 1.94. The molecule has 0 radical (unpaired) electrons. The predicted octanol–water partition coefficient (Wildman–Crippen LogP) is 2.70. The normalized spacial score (nSPS) is 35.2. The molecular formula is C14H15Cl2N3O. The molecule has 4 heterocycles. The lowest BCUT2D eigenvalue weighted by molar-refractivity contribution is -0.155. The number of hydroxylamine groups is 1. The van der Waals surface area contributed by atoms with Gasteiger partial charge in [-0.25, -0.2) is 15.3 Å². The number of nitrogens with one attached hydrogen (secondary N) is 1. The van der Waals surface area contributed by atoms with E-state index in [-0.39, 0.29) is 0 Å². The Kier molecular flexibility index (Phi) is 2.96. The zero-order chi connectivity index (χ0) is 13.7. The van der Waals surface area contributed by atoms with Crippen molar-refractivity contribution in [2.24, 2.45) is 10.9 Å². The van der Waals surface area contributed by atoms with Crippen LogP contribution in [0, 0.1) is 5.92 Å². The van der Waals surface area contributed by atoms with E-state index in [0.29, 0.717) is 16.0 Å². The second kappa shape index (κ2) is 4.60. The first-order valence-electron chi connectivity index (χ1n) is 6.88. The van der Waals surface area contributed by atoms with Crippen LogP contribution in [0.4, 0.5) is 0 Å². The zero-order valence-corrected chi connectivity index (χ0v) is 12.4. The van der Waals surface area contributed by atoms with Crippen LogP contribution in [0.2, 0.25) is 10.0 Å². The number of amidine groups is 1. The number of rotatable bonds is 1.